The Labute approximate surface area is 121 Å². The Morgan fingerprint density at radius 3 is 2.10 bits per heavy atom. The maximum absolute atomic E-state index is 9.62. The fraction of sp³-hybridized carbons (Fsp3) is 0.333. The quantitative estimate of drug-likeness (QED) is 0.808. The minimum atomic E-state index is 0.0857. The SMILES string of the molecule is CCC(N[C@H](CO)Cc1ccccc1)c1ccccc1. The van der Waals surface area contributed by atoms with Crippen LogP contribution in [0.1, 0.15) is 30.5 Å². The second-order valence-electron chi connectivity index (χ2n) is 5.11. The lowest BCUT2D eigenvalue weighted by Gasteiger charge is -2.24. The fourth-order valence-electron chi connectivity index (χ4n) is 2.49. The molecule has 0 amide bonds. The van der Waals surface area contributed by atoms with Crippen LogP contribution in [0.2, 0.25) is 0 Å². The van der Waals surface area contributed by atoms with E-state index in [1.54, 1.807) is 0 Å². The lowest BCUT2D eigenvalue weighted by atomic mass is 10.0. The van der Waals surface area contributed by atoms with Crippen LogP contribution in [0, 0.1) is 0 Å². The van der Waals surface area contributed by atoms with E-state index >= 15 is 0 Å². The molecule has 1 unspecified atom stereocenters. The first-order chi connectivity index (χ1) is 9.83. The van der Waals surface area contributed by atoms with Crippen molar-refractivity contribution in [1.29, 1.82) is 0 Å². The van der Waals surface area contributed by atoms with Gasteiger partial charge in [-0.25, -0.2) is 0 Å². The van der Waals surface area contributed by atoms with E-state index in [9.17, 15) is 5.11 Å². The van der Waals surface area contributed by atoms with Gasteiger partial charge in [0, 0.05) is 12.1 Å². The summed E-state index contributed by atoms with van der Waals surface area (Å²) in [6.45, 7) is 2.32. The largest absolute Gasteiger partial charge is 0.395 e. The highest BCUT2D eigenvalue weighted by molar-refractivity contribution is 5.20. The highest BCUT2D eigenvalue weighted by Crippen LogP contribution is 2.17. The monoisotopic (exact) mass is 269 g/mol. The van der Waals surface area contributed by atoms with Gasteiger partial charge in [-0.3, -0.25) is 0 Å². The third kappa shape index (κ3) is 4.19. The molecular formula is C18H23NO. The van der Waals surface area contributed by atoms with Crippen molar-refractivity contribution in [1.82, 2.24) is 5.32 Å². The van der Waals surface area contributed by atoms with Crippen LogP contribution in [0.25, 0.3) is 0 Å². The van der Waals surface area contributed by atoms with Crippen LogP contribution in [-0.2, 0) is 6.42 Å². The summed E-state index contributed by atoms with van der Waals surface area (Å²) in [6.07, 6.45) is 1.86. The van der Waals surface area contributed by atoms with Crippen molar-refractivity contribution in [3.8, 4) is 0 Å². The van der Waals surface area contributed by atoms with Crippen LogP contribution in [0.4, 0.5) is 0 Å². The Kier molecular flexibility index (Phi) is 5.78. The van der Waals surface area contributed by atoms with Gasteiger partial charge in [0.2, 0.25) is 0 Å². The van der Waals surface area contributed by atoms with Crippen LogP contribution in [0.15, 0.2) is 60.7 Å². The van der Waals surface area contributed by atoms with Crippen LogP contribution < -0.4 is 5.32 Å². The van der Waals surface area contributed by atoms with Crippen molar-refractivity contribution in [3.05, 3.63) is 71.8 Å². The fourth-order valence-corrected chi connectivity index (χ4v) is 2.49. The molecule has 0 saturated carbocycles. The molecule has 2 rings (SSSR count). The standard InChI is InChI=1S/C18H23NO/c1-2-18(16-11-7-4-8-12-16)19-17(14-20)13-15-9-5-3-6-10-15/h3-12,17-20H,2,13-14H2,1H3/t17-,18?/m0/s1. The summed E-state index contributed by atoms with van der Waals surface area (Å²) in [5.74, 6) is 0. The second-order valence-corrected chi connectivity index (χ2v) is 5.11. The Bertz CT molecular complexity index is 483. The van der Waals surface area contributed by atoms with Crippen LogP contribution in [0.3, 0.4) is 0 Å². The van der Waals surface area contributed by atoms with Crippen molar-refractivity contribution >= 4 is 0 Å². The predicted octanol–water partition coefficient (Wildman–Crippen LogP) is 3.33. The van der Waals surface area contributed by atoms with E-state index in [0.717, 1.165) is 12.8 Å². The summed E-state index contributed by atoms with van der Waals surface area (Å²) < 4.78 is 0. The zero-order valence-electron chi connectivity index (χ0n) is 12.0. The molecule has 0 aliphatic carbocycles. The van der Waals surface area contributed by atoms with Gasteiger partial charge in [0.25, 0.3) is 0 Å². The maximum Gasteiger partial charge on any atom is 0.0588 e. The van der Waals surface area contributed by atoms with Gasteiger partial charge in [0.1, 0.15) is 0 Å². The second kappa shape index (κ2) is 7.83. The third-order valence-corrected chi connectivity index (χ3v) is 3.59. The molecule has 0 aromatic heterocycles. The Balaban J connectivity index is 2.01. The molecule has 0 spiro atoms. The molecule has 0 aliphatic heterocycles. The highest BCUT2D eigenvalue weighted by Gasteiger charge is 2.15. The van der Waals surface area contributed by atoms with Gasteiger partial charge in [-0.2, -0.15) is 0 Å². The molecule has 2 aromatic rings. The molecule has 2 atom stereocenters. The molecule has 20 heavy (non-hydrogen) atoms. The molecule has 0 radical (unpaired) electrons. The van der Waals surface area contributed by atoms with Gasteiger partial charge in [0.05, 0.1) is 6.61 Å². The summed E-state index contributed by atoms with van der Waals surface area (Å²) in [5.41, 5.74) is 2.53. The van der Waals surface area contributed by atoms with E-state index in [1.807, 2.05) is 24.3 Å². The van der Waals surface area contributed by atoms with Gasteiger partial charge >= 0.3 is 0 Å². The van der Waals surface area contributed by atoms with Crippen molar-refractivity contribution in [2.24, 2.45) is 0 Å². The van der Waals surface area contributed by atoms with Crippen LogP contribution in [0.5, 0.6) is 0 Å². The van der Waals surface area contributed by atoms with Crippen LogP contribution >= 0.6 is 0 Å². The summed E-state index contributed by atoms with van der Waals surface area (Å²) in [6, 6.07) is 21.1. The summed E-state index contributed by atoms with van der Waals surface area (Å²) in [5, 5.41) is 13.2. The van der Waals surface area contributed by atoms with Gasteiger partial charge in [-0.1, -0.05) is 67.6 Å². The topological polar surface area (TPSA) is 32.3 Å². The predicted molar refractivity (Wildman–Crippen MR) is 83.6 cm³/mol. The van der Waals surface area contributed by atoms with Crippen LogP contribution in [-0.4, -0.2) is 17.8 Å². The van der Waals surface area contributed by atoms with Crippen molar-refractivity contribution in [3.63, 3.8) is 0 Å². The maximum atomic E-state index is 9.62. The van der Waals surface area contributed by atoms with E-state index in [2.05, 4.69) is 48.6 Å². The van der Waals surface area contributed by atoms with Gasteiger partial charge < -0.3 is 10.4 Å². The molecule has 0 heterocycles. The molecular weight excluding hydrogens is 246 g/mol. The first-order valence-electron chi connectivity index (χ1n) is 7.29. The van der Waals surface area contributed by atoms with E-state index in [-0.39, 0.29) is 18.7 Å². The average Bonchev–Trinajstić information content (AvgIpc) is 2.53. The van der Waals surface area contributed by atoms with Crippen molar-refractivity contribution < 1.29 is 5.11 Å². The number of nitrogens with one attached hydrogen (secondary N) is 1. The molecule has 2 N–H and O–H groups in total. The van der Waals surface area contributed by atoms with E-state index in [4.69, 9.17) is 0 Å². The first kappa shape index (κ1) is 14.8. The first-order valence-corrected chi connectivity index (χ1v) is 7.29. The van der Waals surface area contributed by atoms with E-state index in [1.165, 1.54) is 11.1 Å². The number of aliphatic hydroxyl groups excluding tert-OH is 1. The number of hydrogen-bond donors (Lipinski definition) is 2. The normalized spacial score (nSPS) is 13.9. The molecule has 106 valence electrons. The zero-order valence-corrected chi connectivity index (χ0v) is 12.0. The molecule has 0 bridgehead atoms. The molecule has 2 nitrogen and oxygen atoms in total. The minimum Gasteiger partial charge on any atom is -0.395 e. The Morgan fingerprint density at radius 2 is 1.55 bits per heavy atom. The molecule has 0 aliphatic rings. The van der Waals surface area contributed by atoms with E-state index < -0.39 is 0 Å². The molecule has 2 aromatic carbocycles. The smallest absolute Gasteiger partial charge is 0.0588 e. The lowest BCUT2D eigenvalue weighted by Crippen LogP contribution is -2.37. The van der Waals surface area contributed by atoms with Gasteiger partial charge in [-0.15, -0.1) is 0 Å². The van der Waals surface area contributed by atoms with Gasteiger partial charge in [0.15, 0.2) is 0 Å². The summed E-state index contributed by atoms with van der Waals surface area (Å²) in [7, 11) is 0. The number of benzene rings is 2. The number of aliphatic hydroxyl groups is 1. The van der Waals surface area contributed by atoms with Gasteiger partial charge in [-0.05, 0) is 24.0 Å². The van der Waals surface area contributed by atoms with E-state index in [0.29, 0.717) is 0 Å². The zero-order chi connectivity index (χ0) is 14.2. The third-order valence-electron chi connectivity index (χ3n) is 3.59. The summed E-state index contributed by atoms with van der Waals surface area (Å²) in [4.78, 5) is 0. The minimum absolute atomic E-state index is 0.0857. The molecule has 0 fully saturated rings. The Hall–Kier alpha value is -1.64. The Morgan fingerprint density at radius 1 is 0.950 bits per heavy atom. The number of rotatable bonds is 7. The number of hydrogen-bond acceptors (Lipinski definition) is 2. The summed E-state index contributed by atoms with van der Waals surface area (Å²) >= 11 is 0. The molecule has 2 heteroatoms. The highest BCUT2D eigenvalue weighted by atomic mass is 16.3. The average molecular weight is 269 g/mol. The van der Waals surface area contributed by atoms with Crippen molar-refractivity contribution in [2.45, 2.75) is 31.8 Å². The van der Waals surface area contributed by atoms with Crippen molar-refractivity contribution in [2.75, 3.05) is 6.61 Å². The molecule has 0 saturated heterocycles. The lowest BCUT2D eigenvalue weighted by molar-refractivity contribution is 0.229.